The second-order valence-corrected chi connectivity index (χ2v) is 8.88. The van der Waals surface area contributed by atoms with Gasteiger partial charge in [-0.25, -0.2) is 4.79 Å². The molecule has 0 bridgehead atoms. The smallest absolute Gasteiger partial charge is 0.337 e. The molecule has 0 unspecified atom stereocenters. The van der Waals surface area contributed by atoms with Crippen LogP contribution in [0.2, 0.25) is 0 Å². The number of fused-ring (bicyclic) bond motifs is 1. The van der Waals surface area contributed by atoms with Crippen LogP contribution in [0.5, 0.6) is 11.5 Å². The number of carbonyl (C=O) groups is 3. The number of hydrogen-bond acceptors (Lipinski definition) is 5. The van der Waals surface area contributed by atoms with Gasteiger partial charge >= 0.3 is 5.97 Å². The minimum absolute atomic E-state index is 0. The quantitative estimate of drug-likeness (QED) is 0.450. The maximum Gasteiger partial charge on any atom is 0.337 e. The first-order chi connectivity index (χ1) is 16.8. The third-order valence-electron chi connectivity index (χ3n) is 6.48. The summed E-state index contributed by atoms with van der Waals surface area (Å²) in [5.74, 6) is -0.261. The van der Waals surface area contributed by atoms with E-state index in [9.17, 15) is 19.5 Å². The number of aryl methyl sites for hydroxylation is 1. The van der Waals surface area contributed by atoms with Gasteiger partial charge in [0.1, 0.15) is 0 Å². The first kappa shape index (κ1) is 22.5. The van der Waals surface area contributed by atoms with Crippen molar-refractivity contribution in [2.45, 2.75) is 32.1 Å². The van der Waals surface area contributed by atoms with Crippen molar-refractivity contribution in [3.63, 3.8) is 0 Å². The molecule has 0 saturated heterocycles. The molecule has 3 N–H and O–H groups in total. The van der Waals surface area contributed by atoms with E-state index in [1.807, 2.05) is 43.3 Å². The minimum atomic E-state index is -1.14. The van der Waals surface area contributed by atoms with Crippen molar-refractivity contribution in [3.8, 4) is 22.6 Å². The normalized spacial score (nSPS) is 14.8. The Morgan fingerprint density at radius 1 is 0.943 bits per heavy atom. The maximum atomic E-state index is 13.3. The van der Waals surface area contributed by atoms with E-state index in [0.717, 1.165) is 29.5 Å². The van der Waals surface area contributed by atoms with Gasteiger partial charge < -0.3 is 25.2 Å². The molecule has 1 aliphatic carbocycles. The van der Waals surface area contributed by atoms with Crippen molar-refractivity contribution < 1.29 is 31.8 Å². The van der Waals surface area contributed by atoms with Gasteiger partial charge in [0, 0.05) is 15.5 Å². The van der Waals surface area contributed by atoms with Gasteiger partial charge in [-0.1, -0.05) is 18.2 Å². The summed E-state index contributed by atoms with van der Waals surface area (Å²) < 4.78 is 10.9. The highest BCUT2D eigenvalue weighted by atomic mass is 16.7. The molecule has 0 atom stereocenters. The zero-order valence-corrected chi connectivity index (χ0v) is 19.3. The number of rotatable bonds is 6. The molecule has 2 amide bonds. The number of amides is 2. The molecular formula is C27H28N2O6. The second-order valence-electron chi connectivity index (χ2n) is 8.88. The summed E-state index contributed by atoms with van der Waals surface area (Å²) in [7, 11) is 0. The fourth-order valence-corrected chi connectivity index (χ4v) is 4.41. The summed E-state index contributed by atoms with van der Waals surface area (Å²) in [5, 5.41) is 15.2. The number of nitrogens with one attached hydrogen (secondary N) is 2. The average Bonchev–Trinajstić information content (AvgIpc) is 3.51. The molecule has 35 heavy (non-hydrogen) atoms. The molecule has 1 heterocycles. The highest BCUT2D eigenvalue weighted by Crippen LogP contribution is 2.51. The van der Waals surface area contributed by atoms with Gasteiger partial charge in [-0.05, 0) is 78.4 Å². The monoisotopic (exact) mass is 476 g/mol. The van der Waals surface area contributed by atoms with Crippen molar-refractivity contribution in [2.24, 2.45) is 0 Å². The molecule has 0 aromatic heterocycles. The number of hydrogen-bond donors (Lipinski definition) is 3. The third-order valence-corrected chi connectivity index (χ3v) is 6.48. The molecule has 3 aromatic rings. The van der Waals surface area contributed by atoms with E-state index in [0.29, 0.717) is 22.7 Å². The van der Waals surface area contributed by atoms with Crippen LogP contribution in [0.4, 0.5) is 11.4 Å². The Hall–Kier alpha value is -4.33. The van der Waals surface area contributed by atoms with E-state index in [4.69, 9.17) is 9.47 Å². The van der Waals surface area contributed by atoms with E-state index in [2.05, 4.69) is 10.6 Å². The number of carbonyl (C=O) groups excluding carboxylic acids is 2. The van der Waals surface area contributed by atoms with Crippen LogP contribution in [0, 0.1) is 6.92 Å². The van der Waals surface area contributed by atoms with Gasteiger partial charge in [0.15, 0.2) is 11.5 Å². The summed E-state index contributed by atoms with van der Waals surface area (Å²) in [6.45, 7) is 3.42. The van der Waals surface area contributed by atoms with E-state index < -0.39 is 11.4 Å². The fourth-order valence-electron chi connectivity index (χ4n) is 4.41. The predicted molar refractivity (Wildman–Crippen MR) is 134 cm³/mol. The molecular weight excluding hydrogens is 448 g/mol. The molecule has 5 rings (SSSR count). The van der Waals surface area contributed by atoms with E-state index in [1.54, 1.807) is 12.1 Å². The Morgan fingerprint density at radius 2 is 1.71 bits per heavy atom. The molecule has 1 aliphatic heterocycles. The highest BCUT2D eigenvalue weighted by molar-refractivity contribution is 6.03. The number of benzene rings is 3. The second kappa shape index (κ2) is 8.47. The SMILES string of the molecule is CC(=O)Nc1ccc(-c2cc(NC(=O)C3(c4ccc5c(c4)OCO5)CC3)ccc2C)cc1C(=O)O.[HH].[HH]. The lowest BCUT2D eigenvalue weighted by atomic mass is 9.94. The Kier molecular flexibility index (Phi) is 5.43. The first-order valence-electron chi connectivity index (χ1n) is 11.2. The van der Waals surface area contributed by atoms with Gasteiger partial charge in [0.05, 0.1) is 16.7 Å². The predicted octanol–water partition coefficient (Wildman–Crippen LogP) is 5.21. The lowest BCUT2D eigenvalue weighted by Crippen LogP contribution is -2.27. The van der Waals surface area contributed by atoms with Crippen molar-refractivity contribution in [1.82, 2.24) is 0 Å². The maximum absolute atomic E-state index is 13.3. The van der Waals surface area contributed by atoms with Crippen molar-refractivity contribution in [1.29, 1.82) is 0 Å². The van der Waals surface area contributed by atoms with Crippen LogP contribution in [-0.2, 0) is 15.0 Å². The molecule has 8 nitrogen and oxygen atoms in total. The van der Waals surface area contributed by atoms with Gasteiger partial charge in [-0.2, -0.15) is 0 Å². The van der Waals surface area contributed by atoms with E-state index in [-0.39, 0.29) is 32.7 Å². The molecule has 8 heteroatoms. The third kappa shape index (κ3) is 4.19. The van der Waals surface area contributed by atoms with Crippen LogP contribution < -0.4 is 20.1 Å². The van der Waals surface area contributed by atoms with Crippen LogP contribution in [0.3, 0.4) is 0 Å². The van der Waals surface area contributed by atoms with Gasteiger partial charge in [0.25, 0.3) is 0 Å². The standard InChI is InChI=1S/C27H24N2O6.2H2/c1-15-3-6-19(13-20(15)17-4-7-22(28-16(2)30)21(11-17)25(31)32)29-26(33)27(9-10-27)18-5-8-23-24(12-18)35-14-34-23;;/h3-8,11-13H,9-10,14H2,1-2H3,(H,28,30)(H,29,33)(H,31,32);2*1H. The number of aromatic carboxylic acids is 1. The number of ether oxygens (including phenoxy) is 2. The molecule has 1 saturated carbocycles. The topological polar surface area (TPSA) is 114 Å². The van der Waals surface area contributed by atoms with Gasteiger partial charge in [-0.3, -0.25) is 9.59 Å². The molecule has 2 aliphatic rings. The molecule has 3 aromatic carbocycles. The molecule has 1 fully saturated rings. The van der Waals surface area contributed by atoms with Crippen LogP contribution >= 0.6 is 0 Å². The van der Waals surface area contributed by atoms with Crippen LogP contribution in [0.15, 0.2) is 54.6 Å². The van der Waals surface area contributed by atoms with Crippen molar-refractivity contribution in [3.05, 3.63) is 71.3 Å². The summed E-state index contributed by atoms with van der Waals surface area (Å²) in [6, 6.07) is 16.0. The van der Waals surface area contributed by atoms with Crippen LogP contribution in [-0.4, -0.2) is 29.7 Å². The fraction of sp³-hybridized carbons (Fsp3) is 0.222. The summed E-state index contributed by atoms with van der Waals surface area (Å²) in [5.41, 5.74) is 3.50. The minimum Gasteiger partial charge on any atom is -0.478 e. The number of anilines is 2. The lowest BCUT2D eigenvalue weighted by molar-refractivity contribution is -0.118. The Labute approximate surface area is 204 Å². The summed E-state index contributed by atoms with van der Waals surface area (Å²) in [6.07, 6.45) is 1.48. The summed E-state index contributed by atoms with van der Waals surface area (Å²) in [4.78, 5) is 36.5. The molecule has 0 spiro atoms. The first-order valence-corrected chi connectivity index (χ1v) is 11.2. The Bertz CT molecular complexity index is 1390. The van der Waals surface area contributed by atoms with Gasteiger partial charge in [-0.15, -0.1) is 0 Å². The lowest BCUT2D eigenvalue weighted by Gasteiger charge is -2.18. The zero-order valence-electron chi connectivity index (χ0n) is 19.3. The van der Waals surface area contributed by atoms with Crippen LogP contribution in [0.1, 0.15) is 44.1 Å². The highest BCUT2D eigenvalue weighted by Gasteiger charge is 2.51. The van der Waals surface area contributed by atoms with E-state index >= 15 is 0 Å². The largest absolute Gasteiger partial charge is 0.478 e. The Balaban J connectivity index is 0.00000190. The van der Waals surface area contributed by atoms with Crippen molar-refractivity contribution in [2.75, 3.05) is 17.4 Å². The Morgan fingerprint density at radius 3 is 2.43 bits per heavy atom. The molecule has 182 valence electrons. The van der Waals surface area contributed by atoms with Gasteiger partial charge in [0.2, 0.25) is 18.6 Å². The summed E-state index contributed by atoms with van der Waals surface area (Å²) >= 11 is 0. The van der Waals surface area contributed by atoms with Crippen LogP contribution in [0.25, 0.3) is 11.1 Å². The molecule has 0 radical (unpaired) electrons. The van der Waals surface area contributed by atoms with Crippen molar-refractivity contribution >= 4 is 29.2 Å². The number of carboxylic acid groups (broad SMARTS) is 1. The average molecular weight is 477 g/mol. The zero-order chi connectivity index (χ0) is 24.7. The number of carboxylic acids is 1. The van der Waals surface area contributed by atoms with E-state index in [1.165, 1.54) is 13.0 Å².